The van der Waals surface area contributed by atoms with Crippen molar-refractivity contribution in [2.24, 2.45) is 0 Å². The number of hydrogen-bond donors (Lipinski definition) is 1. The van der Waals surface area contributed by atoms with E-state index in [9.17, 15) is 13.2 Å². The second kappa shape index (κ2) is 7.66. The molecule has 27 heavy (non-hydrogen) atoms. The van der Waals surface area contributed by atoms with Crippen LogP contribution in [0.4, 0.5) is 5.69 Å². The van der Waals surface area contributed by atoms with Gasteiger partial charge in [-0.3, -0.25) is 14.5 Å². The molecule has 3 rings (SSSR count). The molecule has 1 aromatic heterocycles. The Kier molecular flexibility index (Phi) is 5.48. The highest BCUT2D eigenvalue weighted by atomic mass is 32.2. The highest BCUT2D eigenvalue weighted by molar-refractivity contribution is 7.92. The number of rotatable bonds is 5. The van der Waals surface area contributed by atoms with Gasteiger partial charge in [-0.1, -0.05) is 12.1 Å². The predicted octanol–water partition coefficient (Wildman–Crippen LogP) is 1.71. The monoisotopic (exact) mass is 388 g/mol. The number of sulfonamides is 1. The summed E-state index contributed by atoms with van der Waals surface area (Å²) in [6, 6.07) is 9.17. The van der Waals surface area contributed by atoms with Crippen molar-refractivity contribution in [3.05, 3.63) is 58.9 Å². The molecule has 1 aromatic carbocycles. The minimum atomic E-state index is -3.34. The third-order valence-electron chi connectivity index (χ3n) is 4.40. The number of carbonyl (C=O) groups is 1. The fourth-order valence-corrected chi connectivity index (χ4v) is 3.82. The van der Waals surface area contributed by atoms with E-state index in [-0.39, 0.29) is 5.91 Å². The van der Waals surface area contributed by atoms with Crippen molar-refractivity contribution in [1.82, 2.24) is 14.8 Å². The standard InChI is InChI=1S/C19H24N4O3S/c1-22(2)13-16-8-7-14(11-20-16)19(24)23-10-9-17-15(12-23)5-4-6-18(17)21-27(3,25)26/h4-8,11,21H,9-10,12-13H2,1-3H3. The highest BCUT2D eigenvalue weighted by Gasteiger charge is 2.24. The van der Waals surface area contributed by atoms with Crippen LogP contribution in [0.1, 0.15) is 27.2 Å². The van der Waals surface area contributed by atoms with Gasteiger partial charge in [0.25, 0.3) is 5.91 Å². The first-order valence-electron chi connectivity index (χ1n) is 8.70. The van der Waals surface area contributed by atoms with Crippen LogP contribution in [0.5, 0.6) is 0 Å². The van der Waals surface area contributed by atoms with E-state index in [1.54, 1.807) is 23.2 Å². The number of hydrogen-bond acceptors (Lipinski definition) is 5. The Balaban J connectivity index is 1.76. The Morgan fingerprint density at radius 3 is 2.67 bits per heavy atom. The summed E-state index contributed by atoms with van der Waals surface area (Å²) in [5.41, 5.74) is 3.98. The average Bonchev–Trinajstić information content (AvgIpc) is 2.60. The quantitative estimate of drug-likeness (QED) is 0.843. The molecule has 0 fully saturated rings. The highest BCUT2D eigenvalue weighted by Crippen LogP contribution is 2.27. The molecule has 1 N–H and O–H groups in total. The number of carbonyl (C=O) groups excluding carboxylic acids is 1. The van der Waals surface area contributed by atoms with E-state index < -0.39 is 10.0 Å². The van der Waals surface area contributed by atoms with Crippen molar-refractivity contribution in [3.8, 4) is 0 Å². The molecule has 0 spiro atoms. The second-order valence-corrected chi connectivity index (χ2v) is 8.82. The molecule has 0 saturated carbocycles. The number of fused-ring (bicyclic) bond motifs is 1. The molecular formula is C19H24N4O3S. The molecule has 2 aromatic rings. The average molecular weight is 388 g/mol. The number of benzene rings is 1. The lowest BCUT2D eigenvalue weighted by Crippen LogP contribution is -2.36. The zero-order valence-corrected chi connectivity index (χ0v) is 16.6. The lowest BCUT2D eigenvalue weighted by molar-refractivity contribution is 0.0734. The minimum absolute atomic E-state index is 0.0639. The Hall–Kier alpha value is -2.45. The summed E-state index contributed by atoms with van der Waals surface area (Å²) in [4.78, 5) is 21.0. The number of pyridine rings is 1. The number of nitrogens with zero attached hydrogens (tertiary/aromatic N) is 3. The van der Waals surface area contributed by atoms with E-state index in [4.69, 9.17) is 0 Å². The van der Waals surface area contributed by atoms with Gasteiger partial charge >= 0.3 is 0 Å². The molecule has 0 saturated heterocycles. The topological polar surface area (TPSA) is 82.6 Å². The summed E-state index contributed by atoms with van der Waals surface area (Å²) in [7, 11) is 0.604. The Morgan fingerprint density at radius 1 is 1.26 bits per heavy atom. The molecular weight excluding hydrogens is 364 g/mol. The van der Waals surface area contributed by atoms with Gasteiger partial charge in [0.2, 0.25) is 10.0 Å². The summed E-state index contributed by atoms with van der Waals surface area (Å²) in [6.45, 7) is 1.71. The predicted molar refractivity (Wildman–Crippen MR) is 105 cm³/mol. The van der Waals surface area contributed by atoms with Gasteiger partial charge in [-0.15, -0.1) is 0 Å². The molecule has 0 unspecified atom stereocenters. The van der Waals surface area contributed by atoms with E-state index in [0.29, 0.717) is 30.8 Å². The van der Waals surface area contributed by atoms with Crippen LogP contribution in [0.15, 0.2) is 36.5 Å². The molecule has 8 heteroatoms. The van der Waals surface area contributed by atoms with E-state index >= 15 is 0 Å². The first-order chi connectivity index (χ1) is 12.7. The van der Waals surface area contributed by atoms with E-state index in [1.807, 2.05) is 37.2 Å². The Bertz CT molecular complexity index is 940. The minimum Gasteiger partial charge on any atom is -0.334 e. The largest absolute Gasteiger partial charge is 0.334 e. The zero-order valence-electron chi connectivity index (χ0n) is 15.8. The van der Waals surface area contributed by atoms with Crippen LogP contribution in [-0.4, -0.2) is 56.0 Å². The van der Waals surface area contributed by atoms with Crippen molar-refractivity contribution in [3.63, 3.8) is 0 Å². The van der Waals surface area contributed by atoms with Crippen molar-refractivity contribution >= 4 is 21.6 Å². The van der Waals surface area contributed by atoms with Crippen LogP contribution in [0.25, 0.3) is 0 Å². The van der Waals surface area contributed by atoms with Crippen LogP contribution in [0, 0.1) is 0 Å². The van der Waals surface area contributed by atoms with E-state index in [2.05, 4.69) is 9.71 Å². The van der Waals surface area contributed by atoms with Crippen molar-refractivity contribution in [2.45, 2.75) is 19.5 Å². The first-order valence-corrected chi connectivity index (χ1v) is 10.6. The molecule has 0 bridgehead atoms. The molecule has 0 aliphatic carbocycles. The molecule has 2 heterocycles. The van der Waals surface area contributed by atoms with E-state index in [1.165, 1.54) is 0 Å². The van der Waals surface area contributed by atoms with Gasteiger partial charge < -0.3 is 9.80 Å². The summed E-state index contributed by atoms with van der Waals surface area (Å²) < 4.78 is 25.7. The van der Waals surface area contributed by atoms with Crippen LogP contribution in [0.3, 0.4) is 0 Å². The fourth-order valence-electron chi connectivity index (χ4n) is 3.23. The lowest BCUT2D eigenvalue weighted by Gasteiger charge is -2.30. The van der Waals surface area contributed by atoms with Gasteiger partial charge in [0, 0.05) is 25.8 Å². The molecule has 1 aliphatic heterocycles. The van der Waals surface area contributed by atoms with Gasteiger partial charge in [0.15, 0.2) is 0 Å². The molecule has 7 nitrogen and oxygen atoms in total. The lowest BCUT2D eigenvalue weighted by atomic mass is 9.97. The van der Waals surface area contributed by atoms with Gasteiger partial charge in [-0.25, -0.2) is 8.42 Å². The van der Waals surface area contributed by atoms with Crippen molar-refractivity contribution in [1.29, 1.82) is 0 Å². The van der Waals surface area contributed by atoms with E-state index in [0.717, 1.165) is 29.6 Å². The van der Waals surface area contributed by atoms with Crippen LogP contribution in [0.2, 0.25) is 0 Å². The maximum atomic E-state index is 12.8. The fraction of sp³-hybridized carbons (Fsp3) is 0.368. The summed E-state index contributed by atoms with van der Waals surface area (Å²) >= 11 is 0. The summed E-state index contributed by atoms with van der Waals surface area (Å²) in [6.07, 6.45) is 3.36. The van der Waals surface area contributed by atoms with Gasteiger partial charge in [0.05, 0.1) is 23.2 Å². The zero-order chi connectivity index (χ0) is 19.6. The Morgan fingerprint density at radius 2 is 2.04 bits per heavy atom. The third kappa shape index (κ3) is 4.84. The summed E-state index contributed by atoms with van der Waals surface area (Å²) in [5, 5.41) is 0. The normalized spacial score (nSPS) is 14.1. The number of aromatic nitrogens is 1. The number of amides is 1. The Labute approximate surface area is 160 Å². The molecule has 0 atom stereocenters. The first kappa shape index (κ1) is 19.3. The maximum Gasteiger partial charge on any atom is 0.255 e. The SMILES string of the molecule is CN(C)Cc1ccc(C(=O)N2CCc3c(cccc3NS(C)(=O)=O)C2)cn1. The third-order valence-corrected chi connectivity index (χ3v) is 4.99. The molecule has 1 aliphatic rings. The smallest absolute Gasteiger partial charge is 0.255 e. The molecule has 0 radical (unpaired) electrons. The van der Waals surface area contributed by atoms with Gasteiger partial charge in [-0.05, 0) is 49.8 Å². The van der Waals surface area contributed by atoms with Crippen LogP contribution < -0.4 is 4.72 Å². The molecule has 1 amide bonds. The maximum absolute atomic E-state index is 12.8. The van der Waals surface area contributed by atoms with Crippen LogP contribution >= 0.6 is 0 Å². The molecule has 144 valence electrons. The van der Waals surface area contributed by atoms with Crippen molar-refractivity contribution in [2.75, 3.05) is 31.6 Å². The van der Waals surface area contributed by atoms with Gasteiger partial charge in [0.1, 0.15) is 0 Å². The second-order valence-electron chi connectivity index (χ2n) is 7.07. The number of anilines is 1. The van der Waals surface area contributed by atoms with Gasteiger partial charge in [-0.2, -0.15) is 0 Å². The van der Waals surface area contributed by atoms with Crippen molar-refractivity contribution < 1.29 is 13.2 Å². The number of nitrogens with one attached hydrogen (secondary N) is 1. The summed E-state index contributed by atoms with van der Waals surface area (Å²) in [5.74, 6) is -0.0639. The van der Waals surface area contributed by atoms with Crippen LogP contribution in [-0.2, 0) is 29.5 Å².